The van der Waals surface area contributed by atoms with Crippen molar-refractivity contribution in [1.82, 2.24) is 4.90 Å². The van der Waals surface area contributed by atoms with E-state index in [0.29, 0.717) is 12.0 Å². The van der Waals surface area contributed by atoms with Crippen LogP contribution >= 0.6 is 0 Å². The van der Waals surface area contributed by atoms with Crippen LogP contribution in [0.1, 0.15) is 34.6 Å². The lowest BCUT2D eigenvalue weighted by Gasteiger charge is -2.29. The van der Waals surface area contributed by atoms with E-state index in [9.17, 15) is 4.79 Å². The van der Waals surface area contributed by atoms with Gasteiger partial charge in [-0.1, -0.05) is 19.9 Å². The van der Waals surface area contributed by atoms with E-state index in [1.807, 2.05) is 18.7 Å². The average Bonchev–Trinajstić information content (AvgIpc) is 2.05. The molecule has 0 aromatic rings. The fourth-order valence-electron chi connectivity index (χ4n) is 1.24. The number of allylic oxidation sites excluding steroid dienone is 1. The van der Waals surface area contributed by atoms with Crippen molar-refractivity contribution < 1.29 is 4.79 Å². The van der Waals surface area contributed by atoms with Gasteiger partial charge in [0.2, 0.25) is 5.91 Å². The Morgan fingerprint density at radius 1 is 1.38 bits per heavy atom. The molecule has 76 valence electrons. The lowest BCUT2D eigenvalue weighted by Crippen LogP contribution is -2.40. The molecule has 13 heavy (non-hydrogen) atoms. The largest absolute Gasteiger partial charge is 0.336 e. The molecule has 0 saturated carbocycles. The van der Waals surface area contributed by atoms with Crippen molar-refractivity contribution in [2.24, 2.45) is 5.92 Å². The van der Waals surface area contributed by atoms with E-state index in [1.54, 1.807) is 12.2 Å². The van der Waals surface area contributed by atoms with Crippen molar-refractivity contribution in [3.8, 4) is 0 Å². The van der Waals surface area contributed by atoms with E-state index < -0.39 is 0 Å². The Morgan fingerprint density at radius 3 is 2.23 bits per heavy atom. The predicted molar refractivity (Wildman–Crippen MR) is 56.5 cm³/mol. The summed E-state index contributed by atoms with van der Waals surface area (Å²) in [7, 11) is 0. The fraction of sp³-hybridized carbons (Fsp3) is 0.727. The van der Waals surface area contributed by atoms with Crippen LogP contribution in [0, 0.1) is 5.92 Å². The second-order valence-corrected chi connectivity index (χ2v) is 3.61. The van der Waals surface area contributed by atoms with E-state index in [2.05, 4.69) is 20.8 Å². The van der Waals surface area contributed by atoms with E-state index in [4.69, 9.17) is 0 Å². The summed E-state index contributed by atoms with van der Waals surface area (Å²) in [5.74, 6) is 0.625. The molecule has 0 aromatic heterocycles. The molecule has 2 heteroatoms. The first-order chi connectivity index (χ1) is 6.04. The number of rotatable bonds is 4. The maximum Gasteiger partial charge on any atom is 0.246 e. The average molecular weight is 183 g/mol. The number of hydrogen-bond acceptors (Lipinski definition) is 1. The molecule has 0 fully saturated rings. The van der Waals surface area contributed by atoms with Crippen molar-refractivity contribution in [3.63, 3.8) is 0 Å². The summed E-state index contributed by atoms with van der Waals surface area (Å²) in [5, 5.41) is 0. The maximum absolute atomic E-state index is 11.6. The molecule has 1 atom stereocenters. The van der Waals surface area contributed by atoms with Crippen molar-refractivity contribution in [3.05, 3.63) is 12.2 Å². The summed E-state index contributed by atoms with van der Waals surface area (Å²) in [6.07, 6.45) is 3.42. The van der Waals surface area contributed by atoms with Crippen LogP contribution in [0.3, 0.4) is 0 Å². The van der Waals surface area contributed by atoms with Crippen LogP contribution in [-0.4, -0.2) is 23.4 Å². The quantitative estimate of drug-likeness (QED) is 0.613. The Hall–Kier alpha value is -0.790. The van der Waals surface area contributed by atoms with Gasteiger partial charge in [-0.15, -0.1) is 0 Å². The second kappa shape index (κ2) is 5.79. The van der Waals surface area contributed by atoms with Crippen LogP contribution in [-0.2, 0) is 4.79 Å². The Kier molecular flexibility index (Phi) is 5.44. The van der Waals surface area contributed by atoms with Crippen LogP contribution in [0.2, 0.25) is 0 Å². The van der Waals surface area contributed by atoms with Crippen molar-refractivity contribution in [2.75, 3.05) is 6.54 Å². The number of hydrogen-bond donors (Lipinski definition) is 0. The molecular weight excluding hydrogens is 162 g/mol. The molecule has 0 aliphatic heterocycles. The Labute approximate surface area is 81.6 Å². The molecule has 1 amide bonds. The molecule has 0 aliphatic rings. The first-order valence-corrected chi connectivity index (χ1v) is 4.97. The van der Waals surface area contributed by atoms with Gasteiger partial charge in [-0.05, 0) is 32.8 Å². The summed E-state index contributed by atoms with van der Waals surface area (Å²) in [6.45, 7) is 11.0. The van der Waals surface area contributed by atoms with Crippen LogP contribution in [0.15, 0.2) is 12.2 Å². The third kappa shape index (κ3) is 3.62. The highest BCUT2D eigenvalue weighted by Gasteiger charge is 2.18. The number of carbonyl (C=O) groups is 1. The summed E-state index contributed by atoms with van der Waals surface area (Å²) in [6, 6.07) is 0.314. The van der Waals surface area contributed by atoms with Crippen molar-refractivity contribution in [1.29, 1.82) is 0 Å². The predicted octanol–water partition coefficient (Wildman–Crippen LogP) is 2.46. The third-order valence-electron chi connectivity index (χ3n) is 2.39. The van der Waals surface area contributed by atoms with Gasteiger partial charge in [0.05, 0.1) is 0 Å². The zero-order chi connectivity index (χ0) is 10.4. The summed E-state index contributed by atoms with van der Waals surface area (Å²) < 4.78 is 0. The zero-order valence-corrected chi connectivity index (χ0v) is 9.37. The standard InChI is InChI=1S/C11H21NO/c1-6-8-11(13)12(7-2)10(5)9(3)4/h6,8-10H,7H2,1-5H3/b8-6-/t10-/m1/s1. The number of nitrogens with zero attached hydrogens (tertiary/aromatic N) is 1. The molecule has 0 heterocycles. The zero-order valence-electron chi connectivity index (χ0n) is 9.37. The highest BCUT2D eigenvalue weighted by molar-refractivity contribution is 5.87. The van der Waals surface area contributed by atoms with Crippen LogP contribution < -0.4 is 0 Å². The van der Waals surface area contributed by atoms with Crippen LogP contribution in [0.4, 0.5) is 0 Å². The lowest BCUT2D eigenvalue weighted by atomic mass is 10.0. The van der Waals surface area contributed by atoms with Gasteiger partial charge in [0.1, 0.15) is 0 Å². The van der Waals surface area contributed by atoms with E-state index in [-0.39, 0.29) is 5.91 Å². The highest BCUT2D eigenvalue weighted by atomic mass is 16.2. The summed E-state index contributed by atoms with van der Waals surface area (Å²) >= 11 is 0. The molecule has 0 aliphatic carbocycles. The van der Waals surface area contributed by atoms with E-state index in [1.165, 1.54) is 0 Å². The van der Waals surface area contributed by atoms with Crippen LogP contribution in [0.25, 0.3) is 0 Å². The molecule has 0 N–H and O–H groups in total. The van der Waals surface area contributed by atoms with Gasteiger partial charge in [-0.25, -0.2) is 0 Å². The second-order valence-electron chi connectivity index (χ2n) is 3.61. The van der Waals surface area contributed by atoms with Crippen LogP contribution in [0.5, 0.6) is 0 Å². The molecule has 0 bridgehead atoms. The minimum atomic E-state index is 0.117. The van der Waals surface area contributed by atoms with E-state index >= 15 is 0 Å². The van der Waals surface area contributed by atoms with Gasteiger partial charge >= 0.3 is 0 Å². The number of likely N-dealkylation sites (N-methyl/N-ethyl adjacent to an activating group) is 1. The fourth-order valence-corrected chi connectivity index (χ4v) is 1.24. The Bertz CT molecular complexity index is 185. The van der Waals surface area contributed by atoms with Gasteiger partial charge < -0.3 is 4.90 Å². The molecule has 0 rings (SSSR count). The SMILES string of the molecule is C/C=C\C(=O)N(CC)[C@H](C)C(C)C. The number of carbonyl (C=O) groups excluding carboxylic acids is 1. The minimum absolute atomic E-state index is 0.117. The molecule has 0 saturated heterocycles. The van der Waals surface area contributed by atoms with Crippen molar-refractivity contribution >= 4 is 5.91 Å². The van der Waals surface area contributed by atoms with Gasteiger partial charge in [0, 0.05) is 12.6 Å². The Morgan fingerprint density at radius 2 is 1.92 bits per heavy atom. The third-order valence-corrected chi connectivity index (χ3v) is 2.39. The highest BCUT2D eigenvalue weighted by Crippen LogP contribution is 2.10. The van der Waals surface area contributed by atoms with Gasteiger partial charge in [0.25, 0.3) is 0 Å². The van der Waals surface area contributed by atoms with Gasteiger partial charge in [-0.2, -0.15) is 0 Å². The normalized spacial score (nSPS) is 13.7. The minimum Gasteiger partial charge on any atom is -0.336 e. The molecule has 0 spiro atoms. The monoisotopic (exact) mass is 183 g/mol. The first kappa shape index (κ1) is 12.2. The van der Waals surface area contributed by atoms with Gasteiger partial charge in [-0.3, -0.25) is 4.79 Å². The van der Waals surface area contributed by atoms with Crippen molar-refractivity contribution in [2.45, 2.75) is 40.7 Å². The topological polar surface area (TPSA) is 20.3 Å². The van der Waals surface area contributed by atoms with Gasteiger partial charge in [0.15, 0.2) is 0 Å². The summed E-state index contributed by atoms with van der Waals surface area (Å²) in [4.78, 5) is 13.5. The molecule has 2 nitrogen and oxygen atoms in total. The van der Waals surface area contributed by atoms with E-state index in [0.717, 1.165) is 6.54 Å². The summed E-state index contributed by atoms with van der Waals surface area (Å²) in [5.41, 5.74) is 0. The number of amides is 1. The molecule has 0 unspecified atom stereocenters. The smallest absolute Gasteiger partial charge is 0.246 e. The molecular formula is C11H21NO. The molecule has 0 radical (unpaired) electrons. The Balaban J connectivity index is 4.41. The first-order valence-electron chi connectivity index (χ1n) is 4.97. The molecule has 0 aromatic carbocycles. The lowest BCUT2D eigenvalue weighted by molar-refractivity contribution is -0.128. The maximum atomic E-state index is 11.6.